The van der Waals surface area contributed by atoms with Crippen LogP contribution in [0.25, 0.3) is 0 Å². The van der Waals surface area contributed by atoms with E-state index in [1.807, 2.05) is 0 Å². The summed E-state index contributed by atoms with van der Waals surface area (Å²) in [5, 5.41) is 3.37. The summed E-state index contributed by atoms with van der Waals surface area (Å²) in [4.78, 5) is 0. The Balaban J connectivity index is 2.29. The first-order valence-electron chi connectivity index (χ1n) is 5.12. The normalized spacial score (nSPS) is 27.1. The van der Waals surface area contributed by atoms with Crippen molar-refractivity contribution in [3.05, 3.63) is 23.5 Å². The van der Waals surface area contributed by atoms with Crippen molar-refractivity contribution in [1.29, 1.82) is 0 Å². The highest BCUT2D eigenvalue weighted by Gasteiger charge is 2.29. The lowest BCUT2D eigenvalue weighted by Gasteiger charge is -2.22. The van der Waals surface area contributed by atoms with Gasteiger partial charge >= 0.3 is 0 Å². The lowest BCUT2D eigenvalue weighted by molar-refractivity contribution is 0.0855. The zero-order valence-electron chi connectivity index (χ0n) is 9.08. The Morgan fingerprint density at radius 2 is 1.93 bits per heavy atom. The van der Waals surface area contributed by atoms with Gasteiger partial charge in [-0.1, -0.05) is 0 Å². The Morgan fingerprint density at radius 1 is 1.29 bits per heavy atom. The zero-order valence-corrected chi connectivity index (χ0v) is 9.08. The van der Waals surface area contributed by atoms with Crippen LogP contribution in [0.4, 0.5) is 0 Å². The molecule has 0 aromatic carbocycles. The highest BCUT2D eigenvalue weighted by Crippen LogP contribution is 2.23. The molecule has 1 fully saturated rings. The van der Waals surface area contributed by atoms with Gasteiger partial charge in [0.1, 0.15) is 0 Å². The minimum Gasteiger partial charge on any atom is -0.378 e. The van der Waals surface area contributed by atoms with Gasteiger partial charge in [0.05, 0.1) is 12.1 Å². The Bertz CT molecular complexity index is 300. The van der Waals surface area contributed by atoms with E-state index in [1.165, 1.54) is 11.4 Å². The van der Waals surface area contributed by atoms with Gasteiger partial charge in [-0.15, -0.1) is 0 Å². The summed E-state index contributed by atoms with van der Waals surface area (Å²) in [6.45, 7) is 6.27. The van der Waals surface area contributed by atoms with Gasteiger partial charge in [-0.3, -0.25) is 0 Å². The summed E-state index contributed by atoms with van der Waals surface area (Å²) in [5.74, 6) is 0. The summed E-state index contributed by atoms with van der Waals surface area (Å²) in [5.41, 5.74) is 2.64. The van der Waals surface area contributed by atoms with E-state index in [2.05, 4.69) is 35.9 Å². The Kier molecular flexibility index (Phi) is 2.61. The third-order valence-corrected chi connectivity index (χ3v) is 3.09. The molecule has 2 atom stereocenters. The summed E-state index contributed by atoms with van der Waals surface area (Å²) < 4.78 is 7.84. The SMILES string of the molecule is CO[C@H]1CNCC1n1c(C)ccc1C. The topological polar surface area (TPSA) is 26.2 Å². The highest BCUT2D eigenvalue weighted by atomic mass is 16.5. The third-order valence-electron chi connectivity index (χ3n) is 3.09. The maximum Gasteiger partial charge on any atom is 0.0914 e. The highest BCUT2D eigenvalue weighted by molar-refractivity contribution is 5.16. The summed E-state index contributed by atoms with van der Waals surface area (Å²) in [7, 11) is 1.79. The Morgan fingerprint density at radius 3 is 2.50 bits per heavy atom. The fraction of sp³-hybridized carbons (Fsp3) is 0.636. The second-order valence-electron chi connectivity index (χ2n) is 3.99. The Labute approximate surface area is 85.1 Å². The third kappa shape index (κ3) is 1.47. The van der Waals surface area contributed by atoms with Gasteiger partial charge in [-0.05, 0) is 26.0 Å². The minimum absolute atomic E-state index is 0.305. The number of methoxy groups -OCH3 is 1. The van der Waals surface area contributed by atoms with Crippen LogP contribution in [0, 0.1) is 13.8 Å². The van der Waals surface area contributed by atoms with E-state index in [0.717, 1.165) is 13.1 Å². The lowest BCUT2D eigenvalue weighted by Crippen LogP contribution is -2.25. The van der Waals surface area contributed by atoms with Crippen molar-refractivity contribution in [2.45, 2.75) is 26.0 Å². The van der Waals surface area contributed by atoms with Crippen molar-refractivity contribution in [1.82, 2.24) is 9.88 Å². The first-order chi connectivity index (χ1) is 6.74. The molecule has 1 aliphatic rings. The Hall–Kier alpha value is -0.800. The van der Waals surface area contributed by atoms with E-state index >= 15 is 0 Å². The molecule has 1 aromatic rings. The molecule has 1 aliphatic heterocycles. The largest absolute Gasteiger partial charge is 0.378 e. The molecule has 0 radical (unpaired) electrons. The molecule has 78 valence electrons. The maximum absolute atomic E-state index is 5.47. The van der Waals surface area contributed by atoms with Crippen LogP contribution < -0.4 is 5.32 Å². The van der Waals surface area contributed by atoms with Crippen LogP contribution in [0.5, 0.6) is 0 Å². The van der Waals surface area contributed by atoms with Gasteiger partial charge in [-0.2, -0.15) is 0 Å². The van der Waals surface area contributed by atoms with Crippen LogP contribution in [0.3, 0.4) is 0 Å². The van der Waals surface area contributed by atoms with E-state index in [-0.39, 0.29) is 0 Å². The van der Waals surface area contributed by atoms with Crippen molar-refractivity contribution in [2.24, 2.45) is 0 Å². The van der Waals surface area contributed by atoms with Gasteiger partial charge in [0.2, 0.25) is 0 Å². The number of aryl methyl sites for hydroxylation is 2. The van der Waals surface area contributed by atoms with Gasteiger partial charge < -0.3 is 14.6 Å². The number of hydrogen-bond donors (Lipinski definition) is 1. The number of ether oxygens (including phenoxy) is 1. The second-order valence-corrected chi connectivity index (χ2v) is 3.99. The number of nitrogens with one attached hydrogen (secondary N) is 1. The quantitative estimate of drug-likeness (QED) is 0.767. The molecule has 0 amide bonds. The van der Waals surface area contributed by atoms with Crippen LogP contribution in [0.1, 0.15) is 17.4 Å². The van der Waals surface area contributed by atoms with E-state index in [9.17, 15) is 0 Å². The van der Waals surface area contributed by atoms with Crippen molar-refractivity contribution in [3.8, 4) is 0 Å². The smallest absolute Gasteiger partial charge is 0.0914 e. The van der Waals surface area contributed by atoms with Crippen LogP contribution in [-0.4, -0.2) is 30.9 Å². The van der Waals surface area contributed by atoms with Crippen molar-refractivity contribution in [3.63, 3.8) is 0 Å². The maximum atomic E-state index is 5.47. The molecule has 14 heavy (non-hydrogen) atoms. The molecule has 1 aromatic heterocycles. The summed E-state index contributed by atoms with van der Waals surface area (Å²) in [6.07, 6.45) is 0.305. The van der Waals surface area contributed by atoms with Gasteiger partial charge in [0.25, 0.3) is 0 Å². The molecular formula is C11H18N2O. The molecule has 2 rings (SSSR count). The van der Waals surface area contributed by atoms with E-state index < -0.39 is 0 Å². The van der Waals surface area contributed by atoms with E-state index in [4.69, 9.17) is 4.74 Å². The van der Waals surface area contributed by atoms with Gasteiger partial charge in [-0.25, -0.2) is 0 Å². The first kappa shape index (κ1) is 9.74. The fourth-order valence-electron chi connectivity index (χ4n) is 2.34. The first-order valence-corrected chi connectivity index (χ1v) is 5.12. The molecule has 0 spiro atoms. The number of hydrogen-bond acceptors (Lipinski definition) is 2. The summed E-state index contributed by atoms with van der Waals surface area (Å²) in [6, 6.07) is 4.79. The van der Waals surface area contributed by atoms with Gasteiger partial charge in [0, 0.05) is 31.6 Å². The average Bonchev–Trinajstić information content (AvgIpc) is 2.73. The zero-order chi connectivity index (χ0) is 10.1. The molecule has 1 saturated heterocycles. The average molecular weight is 194 g/mol. The van der Waals surface area contributed by atoms with Crippen molar-refractivity contribution >= 4 is 0 Å². The molecule has 3 heteroatoms. The van der Waals surface area contributed by atoms with Crippen LogP contribution >= 0.6 is 0 Å². The summed E-state index contributed by atoms with van der Waals surface area (Å²) >= 11 is 0. The number of aromatic nitrogens is 1. The molecular weight excluding hydrogens is 176 g/mol. The van der Waals surface area contributed by atoms with Gasteiger partial charge in [0.15, 0.2) is 0 Å². The number of rotatable bonds is 2. The predicted octanol–water partition coefficient (Wildman–Crippen LogP) is 1.26. The molecule has 0 saturated carbocycles. The second kappa shape index (κ2) is 3.75. The predicted molar refractivity (Wildman–Crippen MR) is 56.6 cm³/mol. The molecule has 2 heterocycles. The fourth-order valence-corrected chi connectivity index (χ4v) is 2.34. The lowest BCUT2D eigenvalue weighted by atomic mass is 10.2. The van der Waals surface area contributed by atoms with Crippen molar-refractivity contribution < 1.29 is 4.74 Å². The van der Waals surface area contributed by atoms with Crippen LogP contribution in [0.15, 0.2) is 12.1 Å². The minimum atomic E-state index is 0.305. The standard InChI is InChI=1S/C11H18N2O/c1-8-4-5-9(2)13(8)10-6-12-7-11(10)14-3/h4-5,10-12H,6-7H2,1-3H3/t10?,11-/m0/s1. The van der Waals surface area contributed by atoms with Crippen molar-refractivity contribution in [2.75, 3.05) is 20.2 Å². The molecule has 0 bridgehead atoms. The van der Waals surface area contributed by atoms with Crippen LogP contribution in [0.2, 0.25) is 0 Å². The molecule has 0 aliphatic carbocycles. The monoisotopic (exact) mass is 194 g/mol. The van der Waals surface area contributed by atoms with E-state index in [1.54, 1.807) is 7.11 Å². The number of nitrogens with zero attached hydrogens (tertiary/aromatic N) is 1. The molecule has 3 nitrogen and oxygen atoms in total. The van der Waals surface area contributed by atoms with Crippen LogP contribution in [-0.2, 0) is 4.74 Å². The molecule has 1 unspecified atom stereocenters. The molecule has 1 N–H and O–H groups in total. The van der Waals surface area contributed by atoms with E-state index in [0.29, 0.717) is 12.1 Å².